The molecule has 24 heavy (non-hydrogen) atoms. The van der Waals surface area contributed by atoms with Crippen LogP contribution in [-0.2, 0) is 19.1 Å². The number of hydrogen-bond acceptors (Lipinski definition) is 5. The Labute approximate surface area is 151 Å². The molecule has 7 heteroatoms. The molecule has 3 aliphatic rings. The van der Waals surface area contributed by atoms with E-state index in [1.807, 2.05) is 22.6 Å². The summed E-state index contributed by atoms with van der Waals surface area (Å²) in [5.41, 5.74) is 2.94. The normalized spacial score (nSPS) is 26.1. The number of ether oxygens (including phenoxy) is 2. The SMILES string of the molecule is C[C@H]1OC(=O)C2=C1NC1=C(C(=O)COC1)[C@@H]2c1ccc(F)c(I)c1. The number of benzene rings is 1. The van der Waals surface area contributed by atoms with Crippen LogP contribution >= 0.6 is 22.6 Å². The van der Waals surface area contributed by atoms with E-state index in [0.29, 0.717) is 31.7 Å². The first-order valence-electron chi connectivity index (χ1n) is 7.48. The zero-order valence-corrected chi connectivity index (χ0v) is 14.8. The third-order valence-corrected chi connectivity index (χ3v) is 5.27. The number of nitrogens with one attached hydrogen (secondary N) is 1. The van der Waals surface area contributed by atoms with Crippen molar-refractivity contribution in [3.05, 3.63) is 55.7 Å². The molecule has 3 aliphatic heterocycles. The lowest BCUT2D eigenvalue weighted by Gasteiger charge is -2.32. The van der Waals surface area contributed by atoms with Gasteiger partial charge in [0.05, 0.1) is 17.9 Å². The van der Waals surface area contributed by atoms with Crippen LogP contribution in [0.3, 0.4) is 0 Å². The molecule has 0 aliphatic carbocycles. The van der Waals surface area contributed by atoms with Crippen LogP contribution in [-0.4, -0.2) is 31.1 Å². The number of hydrogen-bond donors (Lipinski definition) is 1. The van der Waals surface area contributed by atoms with Gasteiger partial charge in [-0.1, -0.05) is 6.07 Å². The lowest BCUT2D eigenvalue weighted by atomic mass is 9.78. The minimum atomic E-state index is -0.556. The van der Waals surface area contributed by atoms with E-state index in [4.69, 9.17) is 9.47 Å². The molecule has 0 bridgehead atoms. The Hall–Kier alpha value is -1.74. The monoisotopic (exact) mass is 441 g/mol. The third kappa shape index (κ3) is 2.29. The first kappa shape index (κ1) is 15.8. The van der Waals surface area contributed by atoms with Crippen LogP contribution in [0.25, 0.3) is 0 Å². The Morgan fingerprint density at radius 3 is 2.79 bits per heavy atom. The van der Waals surface area contributed by atoms with E-state index in [2.05, 4.69) is 5.32 Å². The quantitative estimate of drug-likeness (QED) is 0.535. The van der Waals surface area contributed by atoms with Crippen LogP contribution < -0.4 is 5.32 Å². The van der Waals surface area contributed by atoms with E-state index < -0.39 is 18.0 Å². The molecule has 3 heterocycles. The minimum Gasteiger partial charge on any atom is -0.453 e. The maximum atomic E-state index is 13.7. The summed E-state index contributed by atoms with van der Waals surface area (Å²) in [7, 11) is 0. The predicted octanol–water partition coefficient (Wildman–Crippen LogP) is 2.17. The van der Waals surface area contributed by atoms with Crippen LogP contribution in [0.4, 0.5) is 4.39 Å². The number of carbonyl (C=O) groups is 2. The van der Waals surface area contributed by atoms with E-state index in [1.54, 1.807) is 19.1 Å². The van der Waals surface area contributed by atoms with Gasteiger partial charge in [0.15, 0.2) is 5.78 Å². The first-order chi connectivity index (χ1) is 11.5. The fourth-order valence-electron chi connectivity index (χ4n) is 3.39. The number of carbonyl (C=O) groups excluding carboxylic acids is 2. The van der Waals surface area contributed by atoms with Crippen LogP contribution in [0, 0.1) is 9.39 Å². The molecule has 1 N–H and O–H groups in total. The lowest BCUT2D eigenvalue weighted by Crippen LogP contribution is -2.37. The second-order valence-electron chi connectivity index (χ2n) is 5.91. The first-order valence-corrected chi connectivity index (χ1v) is 8.56. The number of ketones is 1. The Morgan fingerprint density at radius 2 is 2.04 bits per heavy atom. The highest BCUT2D eigenvalue weighted by molar-refractivity contribution is 14.1. The smallest absolute Gasteiger partial charge is 0.337 e. The van der Waals surface area contributed by atoms with E-state index in [9.17, 15) is 14.0 Å². The third-order valence-electron chi connectivity index (χ3n) is 4.45. The molecule has 0 fully saturated rings. The molecule has 0 saturated heterocycles. The highest BCUT2D eigenvalue weighted by Gasteiger charge is 2.45. The zero-order chi connectivity index (χ0) is 17.0. The Bertz CT molecular complexity index is 843. The van der Waals surface area contributed by atoms with Gasteiger partial charge in [-0.3, -0.25) is 4.79 Å². The Kier molecular flexibility index (Phi) is 3.72. The molecule has 0 aromatic heterocycles. The van der Waals surface area contributed by atoms with Crippen molar-refractivity contribution in [2.75, 3.05) is 13.2 Å². The van der Waals surface area contributed by atoms with E-state index in [-0.39, 0.29) is 24.8 Å². The average Bonchev–Trinajstić information content (AvgIpc) is 2.83. The molecular formula is C17H13FINO4. The molecule has 0 spiro atoms. The summed E-state index contributed by atoms with van der Waals surface area (Å²) >= 11 is 1.90. The van der Waals surface area contributed by atoms with Gasteiger partial charge in [0.1, 0.15) is 18.5 Å². The van der Waals surface area contributed by atoms with E-state index in [1.165, 1.54) is 6.07 Å². The highest BCUT2D eigenvalue weighted by atomic mass is 127. The van der Waals surface area contributed by atoms with Gasteiger partial charge in [0.2, 0.25) is 0 Å². The lowest BCUT2D eigenvalue weighted by molar-refractivity contribution is -0.139. The van der Waals surface area contributed by atoms with Crippen LogP contribution in [0.1, 0.15) is 18.4 Å². The van der Waals surface area contributed by atoms with E-state index in [0.717, 1.165) is 0 Å². The molecule has 0 radical (unpaired) electrons. The summed E-state index contributed by atoms with van der Waals surface area (Å²) < 4.78 is 24.7. The van der Waals surface area contributed by atoms with Crippen LogP contribution in [0.2, 0.25) is 0 Å². The van der Waals surface area contributed by atoms with Crippen molar-refractivity contribution in [1.29, 1.82) is 0 Å². The number of dihydropyridines is 1. The van der Waals surface area contributed by atoms with Crippen molar-refractivity contribution in [3.63, 3.8) is 0 Å². The van der Waals surface area contributed by atoms with Crippen molar-refractivity contribution in [2.24, 2.45) is 0 Å². The maximum Gasteiger partial charge on any atom is 0.337 e. The van der Waals surface area contributed by atoms with Gasteiger partial charge in [0, 0.05) is 20.8 Å². The van der Waals surface area contributed by atoms with Gasteiger partial charge >= 0.3 is 5.97 Å². The van der Waals surface area contributed by atoms with Crippen LogP contribution in [0.5, 0.6) is 0 Å². The molecule has 124 valence electrons. The topological polar surface area (TPSA) is 64.6 Å². The fourth-order valence-corrected chi connectivity index (χ4v) is 3.93. The summed E-state index contributed by atoms with van der Waals surface area (Å²) in [5, 5.41) is 3.15. The Morgan fingerprint density at radius 1 is 1.25 bits per heavy atom. The van der Waals surface area contributed by atoms with Crippen molar-refractivity contribution in [3.8, 4) is 0 Å². The largest absolute Gasteiger partial charge is 0.453 e. The van der Waals surface area contributed by atoms with Gasteiger partial charge < -0.3 is 14.8 Å². The summed E-state index contributed by atoms with van der Waals surface area (Å²) in [6.45, 7) is 2.02. The molecule has 0 saturated carbocycles. The fraction of sp³-hybridized carbons (Fsp3) is 0.294. The van der Waals surface area contributed by atoms with Gasteiger partial charge in [-0.15, -0.1) is 0 Å². The number of esters is 1. The second-order valence-corrected chi connectivity index (χ2v) is 7.08. The zero-order valence-electron chi connectivity index (χ0n) is 12.7. The van der Waals surface area contributed by atoms with Crippen molar-refractivity contribution < 1.29 is 23.5 Å². The summed E-state index contributed by atoms with van der Waals surface area (Å²) in [6.07, 6.45) is -0.416. The van der Waals surface area contributed by atoms with Gasteiger partial charge in [-0.25, -0.2) is 9.18 Å². The summed E-state index contributed by atoms with van der Waals surface area (Å²) in [4.78, 5) is 24.8. The van der Waals surface area contributed by atoms with Crippen molar-refractivity contribution in [2.45, 2.75) is 18.9 Å². The van der Waals surface area contributed by atoms with E-state index >= 15 is 0 Å². The number of Topliss-reactive ketones (excluding diaryl/α,β-unsaturated/α-hetero) is 1. The van der Waals surface area contributed by atoms with Gasteiger partial charge in [-0.2, -0.15) is 0 Å². The predicted molar refractivity (Wildman–Crippen MR) is 90.4 cm³/mol. The molecule has 1 aromatic carbocycles. The summed E-state index contributed by atoms with van der Waals surface area (Å²) in [5.74, 6) is -1.51. The number of rotatable bonds is 1. The minimum absolute atomic E-state index is 0.0253. The molecule has 4 rings (SSSR count). The Balaban J connectivity index is 1.93. The molecular weight excluding hydrogens is 428 g/mol. The van der Waals surface area contributed by atoms with Crippen LogP contribution in [0.15, 0.2) is 40.7 Å². The number of halogens is 2. The van der Waals surface area contributed by atoms with Gasteiger partial charge in [-0.05, 0) is 47.2 Å². The average molecular weight is 441 g/mol. The molecule has 0 amide bonds. The molecule has 5 nitrogen and oxygen atoms in total. The molecule has 0 unspecified atom stereocenters. The number of cyclic esters (lactones) is 1. The van der Waals surface area contributed by atoms with Crippen molar-refractivity contribution in [1.82, 2.24) is 5.32 Å². The molecule has 2 atom stereocenters. The highest BCUT2D eigenvalue weighted by Crippen LogP contribution is 2.44. The standard InChI is InChI=1S/C17H13FINO4/c1-7-16-15(17(22)24-7)13(8-2-3-9(18)10(19)4-8)14-11(20-16)5-23-6-12(14)21/h2-4,7,13,20H,5-6H2,1H3/t7-,13+/m1/s1. The van der Waals surface area contributed by atoms with Gasteiger partial charge in [0.25, 0.3) is 0 Å². The summed E-state index contributed by atoms with van der Waals surface area (Å²) in [6, 6.07) is 4.63. The molecule has 1 aromatic rings. The van der Waals surface area contributed by atoms with Crippen molar-refractivity contribution >= 4 is 34.3 Å². The maximum absolute atomic E-state index is 13.7. The second kappa shape index (κ2) is 5.66.